The molecule has 0 aliphatic rings. The second-order valence-electron chi connectivity index (χ2n) is 2.60. The highest BCUT2D eigenvalue weighted by atomic mass is 19.3. The van der Waals surface area contributed by atoms with Crippen LogP contribution in [0.2, 0.25) is 0 Å². The van der Waals surface area contributed by atoms with E-state index in [1.165, 1.54) is 0 Å². The summed E-state index contributed by atoms with van der Waals surface area (Å²) in [6, 6.07) is 0.688. The zero-order valence-electron chi connectivity index (χ0n) is 7.58. The molecule has 0 aliphatic heterocycles. The first-order chi connectivity index (χ1) is 6.97. The van der Waals surface area contributed by atoms with Crippen molar-refractivity contribution in [2.24, 2.45) is 0 Å². The highest BCUT2D eigenvalue weighted by Gasteiger charge is 2.22. The molecule has 1 aromatic rings. The van der Waals surface area contributed by atoms with Crippen LogP contribution in [0.1, 0.15) is 22.5 Å². The Morgan fingerprint density at radius 3 is 2.60 bits per heavy atom. The Morgan fingerprint density at radius 2 is 2.20 bits per heavy atom. The predicted molar refractivity (Wildman–Crippen MR) is 45.5 cm³/mol. The summed E-state index contributed by atoms with van der Waals surface area (Å²) in [5, 5.41) is 8.65. The third kappa shape index (κ3) is 2.12. The molecule has 1 rings (SSSR count). The highest BCUT2D eigenvalue weighted by molar-refractivity contribution is 5.91. The highest BCUT2D eigenvalue weighted by Crippen LogP contribution is 2.28. The van der Waals surface area contributed by atoms with Crippen molar-refractivity contribution >= 4 is 5.97 Å². The Kier molecular flexibility index (Phi) is 3.03. The quantitative estimate of drug-likeness (QED) is 0.795. The molecule has 0 bridgehead atoms. The number of ether oxygens (including phenoxy) is 1. The van der Waals surface area contributed by atoms with Crippen molar-refractivity contribution in [2.45, 2.75) is 6.43 Å². The molecule has 1 heterocycles. The number of methoxy groups -OCH3 is 1. The number of carboxylic acid groups (broad SMARTS) is 1. The molecule has 0 amide bonds. The van der Waals surface area contributed by atoms with Gasteiger partial charge in [-0.25, -0.2) is 13.6 Å². The smallest absolute Gasteiger partial charge is 0.339 e. The summed E-state index contributed by atoms with van der Waals surface area (Å²) >= 11 is 0. The number of nitrogens with one attached hydrogen (secondary N) is 1. The lowest BCUT2D eigenvalue weighted by Gasteiger charge is -2.09. The number of carboxylic acids is 1. The van der Waals surface area contributed by atoms with Crippen LogP contribution in [0.25, 0.3) is 0 Å². The van der Waals surface area contributed by atoms with Gasteiger partial charge < -0.3 is 14.8 Å². The lowest BCUT2D eigenvalue weighted by Crippen LogP contribution is -2.15. The van der Waals surface area contributed by atoms with Crippen LogP contribution < -0.4 is 10.3 Å². The molecule has 15 heavy (non-hydrogen) atoms. The number of aromatic amines is 1. The maximum atomic E-state index is 12.4. The van der Waals surface area contributed by atoms with E-state index >= 15 is 0 Å². The van der Waals surface area contributed by atoms with E-state index in [2.05, 4.69) is 4.74 Å². The number of H-pyrrole nitrogens is 1. The van der Waals surface area contributed by atoms with Crippen molar-refractivity contribution < 1.29 is 23.4 Å². The van der Waals surface area contributed by atoms with Crippen LogP contribution in [0.15, 0.2) is 10.9 Å². The summed E-state index contributed by atoms with van der Waals surface area (Å²) in [7, 11) is 1.05. The van der Waals surface area contributed by atoms with Crippen molar-refractivity contribution in [2.75, 3.05) is 7.11 Å². The van der Waals surface area contributed by atoms with E-state index in [4.69, 9.17) is 5.11 Å². The van der Waals surface area contributed by atoms with E-state index in [0.717, 1.165) is 7.11 Å². The van der Waals surface area contributed by atoms with Crippen LogP contribution in [0.5, 0.6) is 5.75 Å². The van der Waals surface area contributed by atoms with Crippen molar-refractivity contribution in [1.29, 1.82) is 0 Å². The summed E-state index contributed by atoms with van der Waals surface area (Å²) in [6.45, 7) is 0. The minimum atomic E-state index is -3.01. The lowest BCUT2D eigenvalue weighted by molar-refractivity contribution is 0.0691. The molecule has 0 radical (unpaired) electrons. The van der Waals surface area contributed by atoms with E-state index < -0.39 is 35.0 Å². The van der Waals surface area contributed by atoms with Gasteiger partial charge in [0.15, 0.2) is 5.75 Å². The van der Waals surface area contributed by atoms with Crippen LogP contribution >= 0.6 is 0 Å². The first-order valence-corrected chi connectivity index (χ1v) is 3.80. The minimum absolute atomic E-state index is 0.530. The number of halogens is 2. The molecule has 7 heteroatoms. The summed E-state index contributed by atoms with van der Waals surface area (Å²) in [6.07, 6.45) is -3.01. The number of hydrogen-bond acceptors (Lipinski definition) is 3. The maximum Gasteiger partial charge on any atom is 0.339 e. The first-order valence-electron chi connectivity index (χ1n) is 3.80. The second-order valence-corrected chi connectivity index (χ2v) is 2.60. The largest absolute Gasteiger partial charge is 0.494 e. The van der Waals surface area contributed by atoms with Crippen LogP contribution in [-0.4, -0.2) is 23.2 Å². The number of aromatic nitrogens is 1. The molecule has 2 N–H and O–H groups in total. The van der Waals surface area contributed by atoms with Crippen molar-refractivity contribution in [3.63, 3.8) is 0 Å². The first kappa shape index (κ1) is 11.2. The number of alkyl halides is 2. The Hall–Kier alpha value is -1.92. The Bertz CT molecular complexity index is 441. The van der Waals surface area contributed by atoms with Crippen molar-refractivity contribution in [3.05, 3.63) is 27.7 Å². The summed E-state index contributed by atoms with van der Waals surface area (Å²) in [5.74, 6) is -2.03. The molecule has 0 saturated carbocycles. The second kappa shape index (κ2) is 4.07. The van der Waals surface area contributed by atoms with Gasteiger partial charge in [-0.1, -0.05) is 0 Å². The molecule has 0 saturated heterocycles. The summed E-state index contributed by atoms with van der Waals surface area (Å²) in [4.78, 5) is 23.3. The van der Waals surface area contributed by atoms with Crippen molar-refractivity contribution in [3.8, 4) is 5.75 Å². The molecule has 5 nitrogen and oxygen atoms in total. The zero-order valence-corrected chi connectivity index (χ0v) is 7.58. The Labute approximate surface area is 82.3 Å². The molecule has 82 valence electrons. The normalized spacial score (nSPS) is 10.4. The molecule has 0 fully saturated rings. The van der Waals surface area contributed by atoms with Gasteiger partial charge in [-0.2, -0.15) is 0 Å². The molecule has 1 aromatic heterocycles. The monoisotopic (exact) mass is 219 g/mol. The van der Waals surface area contributed by atoms with E-state index in [1.807, 2.05) is 4.98 Å². The number of aromatic carboxylic acids is 1. The molecular weight excluding hydrogens is 212 g/mol. The number of carbonyl (C=O) groups is 1. The maximum absolute atomic E-state index is 12.4. The third-order valence-corrected chi connectivity index (χ3v) is 1.68. The SMILES string of the molecule is COc1c(C(=O)O)cc(=O)[nH]c1C(F)F. The van der Waals surface area contributed by atoms with Crippen LogP contribution in [0.4, 0.5) is 8.78 Å². The van der Waals surface area contributed by atoms with Gasteiger partial charge in [-0.15, -0.1) is 0 Å². The third-order valence-electron chi connectivity index (χ3n) is 1.68. The molecule has 0 aromatic carbocycles. The minimum Gasteiger partial charge on any atom is -0.494 e. The van der Waals surface area contributed by atoms with Crippen molar-refractivity contribution in [1.82, 2.24) is 4.98 Å². The van der Waals surface area contributed by atoms with Gasteiger partial charge >= 0.3 is 5.97 Å². The van der Waals surface area contributed by atoms with E-state index in [-0.39, 0.29) is 0 Å². The van der Waals surface area contributed by atoms with E-state index in [0.29, 0.717) is 6.07 Å². The number of hydrogen-bond donors (Lipinski definition) is 2. The van der Waals surface area contributed by atoms with Gasteiger partial charge in [0.2, 0.25) is 5.56 Å². The van der Waals surface area contributed by atoms with Crippen LogP contribution in [0, 0.1) is 0 Å². The topological polar surface area (TPSA) is 79.4 Å². The lowest BCUT2D eigenvalue weighted by atomic mass is 10.2. The molecule has 0 atom stereocenters. The zero-order chi connectivity index (χ0) is 11.6. The molecule has 0 spiro atoms. The average Bonchev–Trinajstić information content (AvgIpc) is 2.16. The molecule has 0 unspecified atom stereocenters. The average molecular weight is 219 g/mol. The van der Waals surface area contributed by atoms with Gasteiger partial charge in [-0.05, 0) is 0 Å². The summed E-state index contributed by atoms with van der Waals surface area (Å²) < 4.78 is 29.3. The molecule has 0 aliphatic carbocycles. The fourth-order valence-electron chi connectivity index (χ4n) is 1.10. The van der Waals surface area contributed by atoms with Crippen LogP contribution in [-0.2, 0) is 0 Å². The van der Waals surface area contributed by atoms with E-state index in [1.54, 1.807) is 0 Å². The van der Waals surface area contributed by atoms with Gasteiger partial charge in [0, 0.05) is 6.07 Å². The Balaban J connectivity index is 3.52. The van der Waals surface area contributed by atoms with Gasteiger partial charge in [-0.3, -0.25) is 4.79 Å². The fourth-order valence-corrected chi connectivity index (χ4v) is 1.10. The van der Waals surface area contributed by atoms with Gasteiger partial charge in [0.05, 0.1) is 7.11 Å². The molecular formula is C8H7F2NO4. The summed E-state index contributed by atoms with van der Waals surface area (Å²) in [5.41, 5.74) is -2.33. The number of pyridine rings is 1. The Morgan fingerprint density at radius 1 is 1.60 bits per heavy atom. The van der Waals surface area contributed by atoms with Gasteiger partial charge in [0.1, 0.15) is 11.3 Å². The van der Waals surface area contributed by atoms with E-state index in [9.17, 15) is 18.4 Å². The predicted octanol–water partition coefficient (Wildman–Crippen LogP) is 1.02. The van der Waals surface area contributed by atoms with Gasteiger partial charge in [0.25, 0.3) is 6.43 Å². The standard InChI is InChI=1S/C8H7F2NO4/c1-15-6-3(8(13)14)2-4(12)11-5(6)7(9)10/h2,7H,1H3,(H,11,12)(H,13,14). The fraction of sp³-hybridized carbons (Fsp3) is 0.250. The van der Waals surface area contributed by atoms with Crippen LogP contribution in [0.3, 0.4) is 0 Å². The number of rotatable bonds is 3.